The molecule has 1 aliphatic heterocycles. The number of nitrogens with zero attached hydrogens (tertiary/aromatic N) is 3. The van der Waals surface area contributed by atoms with Crippen LogP contribution < -0.4 is 5.73 Å². The molecule has 108 valence electrons. The molecular formula is C14H26N4S. The van der Waals surface area contributed by atoms with E-state index in [1.165, 1.54) is 15.6 Å². The molecule has 1 aliphatic rings. The number of hydrogen-bond donors (Lipinski definition) is 1. The number of hydrogen-bond acceptors (Lipinski definition) is 5. The third kappa shape index (κ3) is 3.54. The van der Waals surface area contributed by atoms with E-state index < -0.39 is 0 Å². The van der Waals surface area contributed by atoms with Crippen LogP contribution in [0.5, 0.6) is 0 Å². The Morgan fingerprint density at radius 1 is 1.37 bits per heavy atom. The van der Waals surface area contributed by atoms with Crippen molar-refractivity contribution in [1.29, 1.82) is 0 Å². The Balaban J connectivity index is 2.10. The maximum absolute atomic E-state index is 5.84. The second kappa shape index (κ2) is 6.31. The predicted molar refractivity (Wildman–Crippen MR) is 81.7 cm³/mol. The van der Waals surface area contributed by atoms with Crippen LogP contribution in [0.4, 0.5) is 0 Å². The highest BCUT2D eigenvalue weighted by molar-refractivity contribution is 7.11. The first-order valence-corrected chi connectivity index (χ1v) is 7.90. The van der Waals surface area contributed by atoms with E-state index in [-0.39, 0.29) is 0 Å². The van der Waals surface area contributed by atoms with Crippen molar-refractivity contribution in [2.24, 2.45) is 5.73 Å². The van der Waals surface area contributed by atoms with E-state index in [1.807, 2.05) is 0 Å². The highest BCUT2D eigenvalue weighted by atomic mass is 32.1. The van der Waals surface area contributed by atoms with Crippen LogP contribution in [0, 0.1) is 0 Å². The summed E-state index contributed by atoms with van der Waals surface area (Å²) in [6.07, 6.45) is 1.05. The van der Waals surface area contributed by atoms with Crippen molar-refractivity contribution in [3.8, 4) is 0 Å². The van der Waals surface area contributed by atoms with Crippen molar-refractivity contribution in [2.45, 2.75) is 38.8 Å². The van der Waals surface area contributed by atoms with Crippen molar-refractivity contribution in [3.05, 3.63) is 15.6 Å². The number of rotatable bonds is 4. The summed E-state index contributed by atoms with van der Waals surface area (Å²) in [6, 6.07) is 0.579. The highest BCUT2D eigenvalue weighted by Crippen LogP contribution is 2.26. The molecule has 2 heterocycles. The zero-order valence-corrected chi connectivity index (χ0v) is 13.3. The van der Waals surface area contributed by atoms with Crippen LogP contribution in [0.15, 0.2) is 0 Å². The summed E-state index contributed by atoms with van der Waals surface area (Å²) in [4.78, 5) is 11.0. The summed E-state index contributed by atoms with van der Waals surface area (Å²) < 4.78 is 0. The first-order valence-electron chi connectivity index (χ1n) is 7.08. The molecule has 0 radical (unpaired) electrons. The molecule has 1 aromatic rings. The normalized spacial score (nSPS) is 22.3. The van der Waals surface area contributed by atoms with Crippen LogP contribution in [0.1, 0.15) is 35.3 Å². The Labute approximate surface area is 120 Å². The number of thiazole rings is 1. The zero-order chi connectivity index (χ0) is 14.0. The Kier molecular flexibility index (Phi) is 4.95. The van der Waals surface area contributed by atoms with Gasteiger partial charge in [-0.25, -0.2) is 4.98 Å². The molecule has 2 N–H and O–H groups in total. The highest BCUT2D eigenvalue weighted by Gasteiger charge is 2.24. The van der Waals surface area contributed by atoms with Gasteiger partial charge in [0.25, 0.3) is 0 Å². The molecule has 0 saturated carbocycles. The molecule has 1 aromatic heterocycles. The Bertz CT molecular complexity index is 416. The van der Waals surface area contributed by atoms with Gasteiger partial charge in [-0.2, -0.15) is 0 Å². The summed E-state index contributed by atoms with van der Waals surface area (Å²) >= 11 is 1.80. The van der Waals surface area contributed by atoms with Gasteiger partial charge in [0.2, 0.25) is 0 Å². The fourth-order valence-corrected chi connectivity index (χ4v) is 3.80. The molecule has 1 unspecified atom stereocenters. The Morgan fingerprint density at radius 3 is 2.68 bits per heavy atom. The number of likely N-dealkylation sites (N-methyl/N-ethyl adjacent to an activating group) is 2. The van der Waals surface area contributed by atoms with E-state index in [1.54, 1.807) is 11.3 Å². The molecule has 0 aromatic carbocycles. The molecule has 0 bridgehead atoms. The lowest BCUT2D eigenvalue weighted by atomic mass is 10.1. The molecule has 19 heavy (non-hydrogen) atoms. The molecular weight excluding hydrogens is 256 g/mol. The third-order valence-corrected chi connectivity index (χ3v) is 5.01. The van der Waals surface area contributed by atoms with E-state index in [4.69, 9.17) is 10.7 Å². The minimum absolute atomic E-state index is 0.468. The van der Waals surface area contributed by atoms with Crippen LogP contribution in [-0.2, 0) is 13.0 Å². The summed E-state index contributed by atoms with van der Waals surface area (Å²) in [5, 5.41) is 1.25. The van der Waals surface area contributed by atoms with Gasteiger partial charge in [0.1, 0.15) is 0 Å². The summed E-state index contributed by atoms with van der Waals surface area (Å²) in [5.41, 5.74) is 7.04. The van der Waals surface area contributed by atoms with Gasteiger partial charge in [0.15, 0.2) is 0 Å². The quantitative estimate of drug-likeness (QED) is 0.909. The van der Waals surface area contributed by atoms with E-state index >= 15 is 0 Å². The van der Waals surface area contributed by atoms with Crippen molar-refractivity contribution in [3.63, 3.8) is 0 Å². The van der Waals surface area contributed by atoms with Gasteiger partial charge in [0.05, 0.1) is 10.7 Å². The summed E-state index contributed by atoms with van der Waals surface area (Å²) in [7, 11) is 4.42. The summed E-state index contributed by atoms with van der Waals surface area (Å²) in [6.45, 7) is 8.44. The maximum atomic E-state index is 5.84. The second-order valence-electron chi connectivity index (χ2n) is 5.88. The average molecular weight is 282 g/mol. The fraction of sp³-hybridized carbons (Fsp3) is 0.786. The van der Waals surface area contributed by atoms with E-state index in [0.717, 1.165) is 26.1 Å². The van der Waals surface area contributed by atoms with Crippen molar-refractivity contribution >= 4 is 11.3 Å². The van der Waals surface area contributed by atoms with Crippen molar-refractivity contribution in [1.82, 2.24) is 14.8 Å². The Hall–Kier alpha value is -0.490. The van der Waals surface area contributed by atoms with Crippen LogP contribution in [0.3, 0.4) is 0 Å². The average Bonchev–Trinajstić information content (AvgIpc) is 2.77. The fourth-order valence-electron chi connectivity index (χ4n) is 2.62. The molecule has 0 amide bonds. The van der Waals surface area contributed by atoms with Gasteiger partial charge in [0, 0.05) is 43.5 Å². The Morgan fingerprint density at radius 2 is 2.11 bits per heavy atom. The van der Waals surface area contributed by atoms with Gasteiger partial charge in [-0.1, -0.05) is 13.8 Å². The van der Waals surface area contributed by atoms with Crippen LogP contribution in [0.25, 0.3) is 0 Å². The first kappa shape index (κ1) is 14.9. The third-order valence-electron chi connectivity index (χ3n) is 3.89. The number of nitrogens with two attached hydrogens (primary N) is 1. The van der Waals surface area contributed by atoms with Gasteiger partial charge in [-0.15, -0.1) is 11.3 Å². The molecule has 1 saturated heterocycles. The topological polar surface area (TPSA) is 45.4 Å². The lowest BCUT2D eigenvalue weighted by Gasteiger charge is -2.37. The molecule has 1 fully saturated rings. The standard InChI is InChI=1S/C14H26N4S/c1-10(2)14-12(8-15)19-13(16-14)7-11-9-17(3)5-6-18(11)4/h10-11H,5-9,15H2,1-4H3. The lowest BCUT2D eigenvalue weighted by molar-refractivity contribution is 0.114. The van der Waals surface area contributed by atoms with Gasteiger partial charge >= 0.3 is 0 Å². The van der Waals surface area contributed by atoms with Crippen LogP contribution in [-0.4, -0.2) is 54.6 Å². The summed E-state index contributed by atoms with van der Waals surface area (Å²) in [5.74, 6) is 0.468. The molecule has 4 nitrogen and oxygen atoms in total. The minimum atomic E-state index is 0.468. The van der Waals surface area contributed by atoms with Crippen LogP contribution >= 0.6 is 11.3 Å². The second-order valence-corrected chi connectivity index (χ2v) is 7.04. The molecule has 0 aliphatic carbocycles. The maximum Gasteiger partial charge on any atom is 0.0947 e. The molecule has 5 heteroatoms. The van der Waals surface area contributed by atoms with Gasteiger partial charge < -0.3 is 15.5 Å². The monoisotopic (exact) mass is 282 g/mol. The van der Waals surface area contributed by atoms with E-state index in [9.17, 15) is 0 Å². The first-order chi connectivity index (χ1) is 9.01. The molecule has 0 spiro atoms. The molecule has 2 rings (SSSR count). The SMILES string of the molecule is CC(C)c1nc(CC2CN(C)CCN2C)sc1CN. The van der Waals surface area contributed by atoms with Crippen molar-refractivity contribution < 1.29 is 0 Å². The number of piperazine rings is 1. The lowest BCUT2D eigenvalue weighted by Crippen LogP contribution is -2.50. The van der Waals surface area contributed by atoms with Crippen LogP contribution in [0.2, 0.25) is 0 Å². The van der Waals surface area contributed by atoms with Crippen molar-refractivity contribution in [2.75, 3.05) is 33.7 Å². The molecule has 1 atom stereocenters. The minimum Gasteiger partial charge on any atom is -0.326 e. The zero-order valence-electron chi connectivity index (χ0n) is 12.5. The predicted octanol–water partition coefficient (Wildman–Crippen LogP) is 1.51. The van der Waals surface area contributed by atoms with Gasteiger partial charge in [-0.3, -0.25) is 0 Å². The van der Waals surface area contributed by atoms with E-state index in [2.05, 4.69) is 37.7 Å². The van der Waals surface area contributed by atoms with Gasteiger partial charge in [-0.05, 0) is 20.0 Å². The number of aromatic nitrogens is 1. The smallest absolute Gasteiger partial charge is 0.0947 e. The van der Waals surface area contributed by atoms with E-state index in [0.29, 0.717) is 18.5 Å². The largest absolute Gasteiger partial charge is 0.326 e.